The Hall–Kier alpha value is -0.622. The molecule has 12 heavy (non-hydrogen) atoms. The molecular weight excluding hydrogens is 324 g/mol. The van der Waals surface area contributed by atoms with Crippen molar-refractivity contribution in [2.45, 2.75) is 0 Å². The van der Waals surface area contributed by atoms with Crippen molar-refractivity contribution in [2.24, 2.45) is 0 Å². The zero-order valence-electron chi connectivity index (χ0n) is 7.03. The number of hydrogen-bond acceptors (Lipinski definition) is 2. The van der Waals surface area contributed by atoms with E-state index in [0.717, 1.165) is 0 Å². The molecular formula is C9H10O2W. The van der Waals surface area contributed by atoms with Crippen molar-refractivity contribution in [3.63, 3.8) is 0 Å². The third-order valence-corrected chi connectivity index (χ3v) is 1.11. The summed E-state index contributed by atoms with van der Waals surface area (Å²) < 4.78 is 4.47. The van der Waals surface area contributed by atoms with Crippen molar-refractivity contribution in [3.05, 3.63) is 43.3 Å². The second kappa shape index (κ2) is 7.05. The fourth-order valence-corrected chi connectivity index (χ4v) is 0.630. The van der Waals surface area contributed by atoms with Crippen LogP contribution >= 0.6 is 0 Å². The predicted octanol–water partition coefficient (Wildman–Crippen LogP) is 1.72. The minimum atomic E-state index is -0.347. The summed E-state index contributed by atoms with van der Waals surface area (Å²) in [6.07, 6.45) is 0. The van der Waals surface area contributed by atoms with Crippen molar-refractivity contribution >= 4 is 5.97 Å². The standard InChI is InChI=1S/C8H7O2.CH3.W/c1-10-8(9)7-5-3-2-4-6-7;;/h2-5H,1H3;1H3;/q2*-1;+2. The van der Waals surface area contributed by atoms with Crippen LogP contribution in [-0.2, 0) is 25.8 Å². The molecule has 2 nitrogen and oxygen atoms in total. The number of esters is 1. The van der Waals surface area contributed by atoms with Gasteiger partial charge in [-0.3, -0.25) is 0 Å². The third kappa shape index (κ3) is 3.68. The van der Waals surface area contributed by atoms with Gasteiger partial charge in [-0.2, -0.15) is 0 Å². The number of rotatable bonds is 1. The van der Waals surface area contributed by atoms with Gasteiger partial charge in [0.15, 0.2) is 0 Å². The van der Waals surface area contributed by atoms with Gasteiger partial charge >= 0.3 is 21.1 Å². The van der Waals surface area contributed by atoms with Crippen LogP contribution in [0.3, 0.4) is 0 Å². The van der Waals surface area contributed by atoms with E-state index in [2.05, 4.69) is 10.8 Å². The van der Waals surface area contributed by atoms with E-state index in [0.29, 0.717) is 5.56 Å². The summed E-state index contributed by atoms with van der Waals surface area (Å²) >= 11 is 0. The second-order valence-corrected chi connectivity index (χ2v) is 1.77. The largest absolute Gasteiger partial charge is 2.00 e. The molecule has 0 aliphatic heterocycles. The Balaban J connectivity index is 0. The van der Waals surface area contributed by atoms with Crippen molar-refractivity contribution in [1.29, 1.82) is 0 Å². The zero-order valence-corrected chi connectivity index (χ0v) is 9.97. The fourth-order valence-electron chi connectivity index (χ4n) is 0.630. The van der Waals surface area contributed by atoms with Gasteiger partial charge in [0.2, 0.25) is 5.97 Å². The van der Waals surface area contributed by atoms with E-state index in [9.17, 15) is 4.79 Å². The first kappa shape index (κ1) is 13.9. The smallest absolute Gasteiger partial charge is 0.509 e. The summed E-state index contributed by atoms with van der Waals surface area (Å²) in [7, 11) is 1.35. The maximum absolute atomic E-state index is 10.8. The summed E-state index contributed by atoms with van der Waals surface area (Å²) in [5, 5.41) is 0. The maximum atomic E-state index is 10.8. The van der Waals surface area contributed by atoms with Crippen LogP contribution in [0.25, 0.3) is 0 Å². The van der Waals surface area contributed by atoms with Gasteiger partial charge in [0.25, 0.3) is 0 Å². The topological polar surface area (TPSA) is 26.3 Å². The van der Waals surface area contributed by atoms with E-state index in [4.69, 9.17) is 0 Å². The normalized spacial score (nSPS) is 7.42. The minimum absolute atomic E-state index is 0. The molecule has 1 rings (SSSR count). The van der Waals surface area contributed by atoms with Crippen molar-refractivity contribution in [1.82, 2.24) is 0 Å². The quantitative estimate of drug-likeness (QED) is 0.578. The molecule has 1 aromatic carbocycles. The minimum Gasteiger partial charge on any atom is -0.509 e. The summed E-state index contributed by atoms with van der Waals surface area (Å²) in [6.45, 7) is 0. The van der Waals surface area contributed by atoms with E-state index in [1.54, 1.807) is 24.3 Å². The molecule has 0 aliphatic rings. The first-order chi connectivity index (χ1) is 4.84. The molecule has 0 spiro atoms. The van der Waals surface area contributed by atoms with Gasteiger partial charge in [-0.05, 0) is 0 Å². The molecule has 0 saturated carbocycles. The number of ether oxygens (including phenoxy) is 1. The van der Waals surface area contributed by atoms with Crippen LogP contribution in [0.2, 0.25) is 0 Å². The zero-order chi connectivity index (χ0) is 7.40. The molecule has 0 amide bonds. The van der Waals surface area contributed by atoms with Gasteiger partial charge in [0.1, 0.15) is 0 Å². The monoisotopic (exact) mass is 334 g/mol. The second-order valence-electron chi connectivity index (χ2n) is 1.77. The van der Waals surface area contributed by atoms with E-state index >= 15 is 0 Å². The van der Waals surface area contributed by atoms with Gasteiger partial charge in [0, 0.05) is 0 Å². The van der Waals surface area contributed by atoms with Crippen LogP contribution in [0, 0.1) is 13.5 Å². The van der Waals surface area contributed by atoms with Gasteiger partial charge < -0.3 is 17.0 Å². The van der Waals surface area contributed by atoms with Crippen molar-refractivity contribution < 1.29 is 30.6 Å². The summed E-state index contributed by atoms with van der Waals surface area (Å²) in [5.41, 5.74) is 0.463. The Morgan fingerprint density at radius 1 is 1.50 bits per heavy atom. The molecule has 0 N–H and O–H groups in total. The molecule has 0 radical (unpaired) electrons. The van der Waals surface area contributed by atoms with Crippen LogP contribution < -0.4 is 0 Å². The summed E-state index contributed by atoms with van der Waals surface area (Å²) in [5.74, 6) is -0.347. The van der Waals surface area contributed by atoms with Crippen LogP contribution in [0.5, 0.6) is 0 Å². The SMILES string of the molecule is COC(=O)c1[c-]cccc1.[CH3-].[W+2]. The maximum Gasteiger partial charge on any atom is 2.00 e. The van der Waals surface area contributed by atoms with Crippen LogP contribution in [0.4, 0.5) is 0 Å². The van der Waals surface area contributed by atoms with E-state index in [-0.39, 0.29) is 34.5 Å². The van der Waals surface area contributed by atoms with Crippen LogP contribution in [0.15, 0.2) is 24.3 Å². The predicted molar refractivity (Wildman–Crippen MR) is 43.0 cm³/mol. The number of benzene rings is 1. The first-order valence-electron chi connectivity index (χ1n) is 2.89. The molecule has 0 aliphatic carbocycles. The average Bonchev–Trinajstić information content (AvgIpc) is 2.05. The Bertz CT molecular complexity index is 221. The Morgan fingerprint density at radius 2 is 2.17 bits per heavy atom. The molecule has 0 bridgehead atoms. The van der Waals surface area contributed by atoms with E-state index in [1.807, 2.05) is 0 Å². The molecule has 3 heteroatoms. The number of carbonyl (C=O) groups is 1. The Kier molecular flexibility index (Phi) is 8.19. The average molecular weight is 334 g/mol. The van der Waals surface area contributed by atoms with Gasteiger partial charge in [0.05, 0.1) is 7.11 Å². The van der Waals surface area contributed by atoms with Crippen molar-refractivity contribution in [3.8, 4) is 0 Å². The fraction of sp³-hybridized carbons (Fsp3) is 0.111. The number of methoxy groups -OCH3 is 1. The van der Waals surface area contributed by atoms with Gasteiger partial charge in [-0.1, -0.05) is 5.56 Å². The number of hydrogen-bond donors (Lipinski definition) is 0. The van der Waals surface area contributed by atoms with Crippen molar-refractivity contribution in [2.75, 3.05) is 7.11 Å². The number of carbonyl (C=O) groups excluding carboxylic acids is 1. The molecule has 0 heterocycles. The third-order valence-electron chi connectivity index (χ3n) is 1.11. The molecule has 0 aromatic heterocycles. The summed E-state index contributed by atoms with van der Waals surface area (Å²) in [6, 6.07) is 9.64. The molecule has 0 unspecified atom stereocenters. The molecule has 0 saturated heterocycles. The first-order valence-corrected chi connectivity index (χ1v) is 2.89. The van der Waals surface area contributed by atoms with Crippen LogP contribution in [-0.4, -0.2) is 13.1 Å². The Labute approximate surface area is 87.2 Å². The van der Waals surface area contributed by atoms with E-state index in [1.165, 1.54) is 7.11 Å². The van der Waals surface area contributed by atoms with Crippen LogP contribution in [0.1, 0.15) is 10.4 Å². The van der Waals surface area contributed by atoms with Gasteiger partial charge in [-0.15, -0.1) is 30.3 Å². The molecule has 0 atom stereocenters. The van der Waals surface area contributed by atoms with E-state index < -0.39 is 0 Å². The molecule has 0 fully saturated rings. The van der Waals surface area contributed by atoms with Gasteiger partial charge in [-0.25, -0.2) is 0 Å². The molecule has 64 valence electrons. The Morgan fingerprint density at radius 3 is 2.58 bits per heavy atom. The molecule has 1 aromatic rings. The summed E-state index contributed by atoms with van der Waals surface area (Å²) in [4.78, 5) is 10.8.